The summed E-state index contributed by atoms with van der Waals surface area (Å²) < 4.78 is 25.0. The van der Waals surface area contributed by atoms with Gasteiger partial charge < -0.3 is 19.6 Å². The van der Waals surface area contributed by atoms with Crippen LogP contribution in [0.5, 0.6) is 5.75 Å². The Morgan fingerprint density at radius 1 is 1.24 bits per heavy atom. The summed E-state index contributed by atoms with van der Waals surface area (Å²) in [4.78, 5) is 20.4. The molecule has 2 aromatic carbocycles. The van der Waals surface area contributed by atoms with Crippen molar-refractivity contribution in [2.24, 2.45) is 4.99 Å². The molecule has 0 amide bonds. The van der Waals surface area contributed by atoms with Crippen LogP contribution in [0.3, 0.4) is 0 Å². The molecule has 0 saturated carbocycles. The maximum atomic E-state index is 13.8. The summed E-state index contributed by atoms with van der Waals surface area (Å²) in [6.45, 7) is 11.0. The lowest BCUT2D eigenvalue weighted by Gasteiger charge is -2.17. The summed E-state index contributed by atoms with van der Waals surface area (Å²) in [5, 5.41) is 4.25. The first kappa shape index (κ1) is 27.1. The van der Waals surface area contributed by atoms with E-state index in [0.717, 1.165) is 6.42 Å². The molecule has 0 bridgehead atoms. The van der Waals surface area contributed by atoms with E-state index >= 15 is 0 Å². The number of nitrogens with one attached hydrogen (secondary N) is 1. The number of aromatic nitrogens is 2. The molecule has 0 radical (unpaired) electrons. The van der Waals surface area contributed by atoms with E-state index in [4.69, 9.17) is 25.9 Å². The van der Waals surface area contributed by atoms with Crippen LogP contribution in [0.15, 0.2) is 41.7 Å². The van der Waals surface area contributed by atoms with Crippen molar-refractivity contribution in [3.05, 3.63) is 47.5 Å². The molecule has 3 aromatic rings. The summed E-state index contributed by atoms with van der Waals surface area (Å²) in [7, 11) is 0. The van der Waals surface area contributed by atoms with Crippen molar-refractivity contribution in [3.63, 3.8) is 0 Å². The van der Waals surface area contributed by atoms with Crippen molar-refractivity contribution in [2.75, 3.05) is 18.5 Å². The molecule has 7 nitrogen and oxygen atoms in total. The Balaban J connectivity index is 0.000000520. The van der Waals surface area contributed by atoms with Gasteiger partial charge in [0.25, 0.3) is 0 Å². The van der Waals surface area contributed by atoms with E-state index in [1.54, 1.807) is 18.2 Å². The van der Waals surface area contributed by atoms with E-state index < -0.39 is 0 Å². The summed E-state index contributed by atoms with van der Waals surface area (Å²) in [6, 6.07) is 7.74. The number of nitrogens with zero attached hydrogens (tertiary/aromatic N) is 3. The van der Waals surface area contributed by atoms with Gasteiger partial charge in [0.1, 0.15) is 36.6 Å². The topological polar surface area (TPSA) is 85.7 Å². The molecule has 34 heavy (non-hydrogen) atoms. The van der Waals surface area contributed by atoms with Gasteiger partial charge in [0.2, 0.25) is 0 Å². The molecule has 0 aliphatic carbocycles. The van der Waals surface area contributed by atoms with Crippen LogP contribution in [0.25, 0.3) is 10.9 Å². The minimum Gasteiger partial charge on any atom is -0.486 e. The number of hydrogen-bond donors (Lipinski definition) is 1. The summed E-state index contributed by atoms with van der Waals surface area (Å²) in [5.41, 5.74) is 1.81. The van der Waals surface area contributed by atoms with Crippen LogP contribution in [-0.4, -0.2) is 42.8 Å². The Morgan fingerprint density at radius 2 is 2.00 bits per heavy atom. The second-order valence-corrected chi connectivity index (χ2v) is 7.83. The Hall–Kier alpha value is -3.10. The number of unbranched alkanes of at least 4 members (excludes halogenated alkanes) is 2. The van der Waals surface area contributed by atoms with Crippen LogP contribution in [0, 0.1) is 5.82 Å². The number of fused-ring (bicyclic) bond motifs is 1. The number of rotatable bonds is 7. The zero-order chi connectivity index (χ0) is 24.9. The van der Waals surface area contributed by atoms with Crippen LogP contribution in [0.4, 0.5) is 21.6 Å². The maximum absolute atomic E-state index is 13.8. The Kier molecular flexibility index (Phi) is 11.4. The molecule has 1 N–H and O–H groups in total. The van der Waals surface area contributed by atoms with Gasteiger partial charge in [-0.2, -0.15) is 0 Å². The first-order valence-electron chi connectivity index (χ1n) is 11.1. The fourth-order valence-electron chi connectivity index (χ4n) is 3.28. The molecule has 4 rings (SSSR count). The highest BCUT2D eigenvalue weighted by Gasteiger charge is 2.20. The van der Waals surface area contributed by atoms with Crippen molar-refractivity contribution < 1.29 is 18.7 Å². The van der Waals surface area contributed by atoms with Crippen LogP contribution in [0.2, 0.25) is 5.02 Å². The van der Waals surface area contributed by atoms with Crippen LogP contribution in [0.1, 0.15) is 39.5 Å². The average Bonchev–Trinajstić information content (AvgIpc) is 3.36. The predicted molar refractivity (Wildman–Crippen MR) is 136 cm³/mol. The van der Waals surface area contributed by atoms with E-state index in [1.165, 1.54) is 37.7 Å². The predicted octanol–water partition coefficient (Wildman–Crippen LogP) is 6.68. The van der Waals surface area contributed by atoms with E-state index in [9.17, 15) is 4.39 Å². The fourth-order valence-corrected chi connectivity index (χ4v) is 3.58. The van der Waals surface area contributed by atoms with Crippen LogP contribution >= 0.6 is 11.6 Å². The van der Waals surface area contributed by atoms with E-state index in [-0.39, 0.29) is 11.9 Å². The highest BCUT2D eigenvalue weighted by molar-refractivity contribution is 6.36. The molecule has 1 fully saturated rings. The van der Waals surface area contributed by atoms with Crippen molar-refractivity contribution in [2.45, 2.75) is 45.6 Å². The largest absolute Gasteiger partial charge is 0.486 e. The normalized spacial score (nSPS) is 14.4. The third-order valence-electron chi connectivity index (χ3n) is 4.94. The average molecular weight is 489 g/mol. The maximum Gasteiger partial charge on any atom is 0.146 e. The highest BCUT2D eigenvalue weighted by atomic mass is 35.5. The van der Waals surface area contributed by atoms with E-state index in [1.807, 2.05) is 6.79 Å². The summed E-state index contributed by atoms with van der Waals surface area (Å²) in [6.07, 6.45) is 6.14. The molecule has 1 aliphatic rings. The summed E-state index contributed by atoms with van der Waals surface area (Å²) in [5.74, 6) is 0.485. The minimum atomic E-state index is -0.387. The number of anilines is 2. The fraction of sp³-hybridized carbons (Fsp3) is 0.360. The van der Waals surface area contributed by atoms with Crippen molar-refractivity contribution >= 4 is 53.2 Å². The quantitative estimate of drug-likeness (QED) is 0.373. The number of carbonyl (C=O) groups excluding carboxylic acids is 1. The van der Waals surface area contributed by atoms with Gasteiger partial charge in [0.05, 0.1) is 40.5 Å². The van der Waals surface area contributed by atoms with Crippen LogP contribution < -0.4 is 10.1 Å². The van der Waals surface area contributed by atoms with Crippen LogP contribution in [-0.2, 0) is 9.53 Å². The minimum absolute atomic E-state index is 0.112. The van der Waals surface area contributed by atoms with Gasteiger partial charge in [-0.1, -0.05) is 44.7 Å². The smallest absolute Gasteiger partial charge is 0.146 e. The molecule has 1 atom stereocenters. The lowest BCUT2D eigenvalue weighted by molar-refractivity contribution is -0.0979. The first-order chi connectivity index (χ1) is 16.5. The number of halogens is 2. The van der Waals surface area contributed by atoms with Gasteiger partial charge in [-0.15, -0.1) is 0 Å². The lowest BCUT2D eigenvalue weighted by Crippen LogP contribution is -2.16. The second kappa shape index (κ2) is 14.2. The lowest BCUT2D eigenvalue weighted by atomic mass is 10.2. The Labute approximate surface area is 204 Å². The third-order valence-corrected chi connectivity index (χ3v) is 5.24. The van der Waals surface area contributed by atoms with Gasteiger partial charge >= 0.3 is 0 Å². The van der Waals surface area contributed by atoms with Gasteiger partial charge in [-0.3, -0.25) is 4.99 Å². The molecule has 182 valence electrons. The number of ether oxygens (including phenoxy) is 2. The Morgan fingerprint density at radius 3 is 2.62 bits per heavy atom. The van der Waals surface area contributed by atoms with E-state index in [2.05, 4.69) is 40.8 Å². The van der Waals surface area contributed by atoms with Gasteiger partial charge in [0, 0.05) is 12.5 Å². The monoisotopic (exact) mass is 488 g/mol. The standard InChI is InChI=1S/C19H16ClFN4O2.C5H12.CH2O/c1-22-12-7-14(20)18-16(8-12)23-10-24-19(18)25-15-3-2-11(21)6-17(15)27-13-4-5-26-9-13;1-3-5-4-2;1-2/h2-3,6-8,10,13H,1,4-5,9H2,(H,23,24,25);3-5H2,1-2H3;1H2. The van der Waals surface area contributed by atoms with Gasteiger partial charge in [-0.25, -0.2) is 14.4 Å². The van der Waals surface area contributed by atoms with Crippen molar-refractivity contribution in [1.82, 2.24) is 9.97 Å². The molecule has 1 aromatic heterocycles. The van der Waals surface area contributed by atoms with Gasteiger partial charge in [-0.05, 0) is 31.0 Å². The first-order valence-corrected chi connectivity index (χ1v) is 11.4. The third kappa shape index (κ3) is 7.46. The summed E-state index contributed by atoms with van der Waals surface area (Å²) >= 11 is 6.40. The number of hydrogen-bond acceptors (Lipinski definition) is 7. The number of aliphatic imine (C=N–C) groups is 1. The van der Waals surface area contributed by atoms with E-state index in [0.29, 0.717) is 52.1 Å². The second-order valence-electron chi connectivity index (χ2n) is 7.42. The number of benzene rings is 2. The zero-order valence-corrected chi connectivity index (χ0v) is 20.3. The molecule has 0 spiro atoms. The molecular weight excluding hydrogens is 459 g/mol. The van der Waals surface area contributed by atoms with Crippen molar-refractivity contribution in [1.29, 1.82) is 0 Å². The van der Waals surface area contributed by atoms with Crippen molar-refractivity contribution in [3.8, 4) is 5.75 Å². The Bertz CT molecular complexity index is 1080. The SMILES string of the molecule is C=Nc1cc(Cl)c2c(Nc3ccc(F)cc3OC3CCOC3)ncnc2c1.C=O.CCCCC. The highest BCUT2D eigenvalue weighted by Crippen LogP contribution is 2.36. The molecule has 1 unspecified atom stereocenters. The molecule has 1 aliphatic heterocycles. The number of carbonyl (C=O) groups is 1. The molecule has 2 heterocycles. The molecule has 1 saturated heterocycles. The zero-order valence-electron chi connectivity index (χ0n) is 19.5. The molecular formula is C25H30ClFN4O3. The molecule has 9 heteroatoms. The van der Waals surface area contributed by atoms with Gasteiger partial charge in [0.15, 0.2) is 0 Å².